The maximum absolute atomic E-state index is 12.2. The lowest BCUT2D eigenvalue weighted by Crippen LogP contribution is -2.49. The minimum atomic E-state index is -3.62. The van der Waals surface area contributed by atoms with Crippen LogP contribution in [0.15, 0.2) is 3.77 Å². The summed E-state index contributed by atoms with van der Waals surface area (Å²) in [5.74, 6) is 0.204. The van der Waals surface area contributed by atoms with E-state index in [0.29, 0.717) is 6.54 Å². The lowest BCUT2D eigenvalue weighted by Gasteiger charge is -2.30. The van der Waals surface area contributed by atoms with Crippen molar-refractivity contribution in [1.29, 1.82) is 0 Å². The van der Waals surface area contributed by atoms with Gasteiger partial charge in [-0.05, 0) is 11.8 Å². The van der Waals surface area contributed by atoms with Crippen LogP contribution in [0, 0.1) is 5.41 Å². The number of sulfonamides is 1. The number of hydrogen-bond donors (Lipinski definition) is 1. The van der Waals surface area contributed by atoms with E-state index in [1.807, 2.05) is 0 Å². The Balaban J connectivity index is 2.60. The molecule has 0 spiro atoms. The number of urea groups is 1. The van der Waals surface area contributed by atoms with E-state index in [9.17, 15) is 17.4 Å². The highest BCUT2D eigenvalue weighted by Gasteiger charge is 2.26. The van der Waals surface area contributed by atoms with Crippen LogP contribution < -0.4 is 5.32 Å². The van der Waals surface area contributed by atoms with Gasteiger partial charge in [-0.2, -0.15) is 0 Å². The Morgan fingerprint density at radius 1 is 1.33 bits per heavy atom. The summed E-state index contributed by atoms with van der Waals surface area (Å²) in [5.41, 5.74) is 0.0324. The van der Waals surface area contributed by atoms with Crippen LogP contribution in [0.25, 0.3) is 0 Å². The van der Waals surface area contributed by atoms with Gasteiger partial charge in [0.2, 0.25) is 0 Å². The Morgan fingerprint density at radius 2 is 1.86 bits per heavy atom. The highest BCUT2D eigenvalue weighted by Crippen LogP contribution is 2.18. The molecule has 7 nitrogen and oxygen atoms in total. The largest absolute Gasteiger partial charge is 0.337 e. The van der Waals surface area contributed by atoms with Gasteiger partial charge < -0.3 is 10.2 Å². The van der Waals surface area contributed by atoms with Gasteiger partial charge in [-0.25, -0.2) is 17.4 Å². The highest BCUT2D eigenvalue weighted by atomic mass is 32.3. The number of carbonyl (C=O) groups is 1. The minimum Gasteiger partial charge on any atom is -0.337 e. The number of hydrogen-bond acceptors (Lipinski definition) is 4. The van der Waals surface area contributed by atoms with E-state index >= 15 is 0 Å². The monoisotopic (exact) mass is 339 g/mol. The van der Waals surface area contributed by atoms with Crippen LogP contribution in [0.5, 0.6) is 0 Å². The fourth-order valence-electron chi connectivity index (χ4n) is 1.80. The Morgan fingerprint density at radius 3 is 2.29 bits per heavy atom. The number of rotatable bonds is 4. The molecule has 0 atom stereocenters. The Bertz CT molecular complexity index is 590. The first-order valence-corrected chi connectivity index (χ1v) is 10.6. The molecule has 0 saturated carbocycles. The summed E-state index contributed by atoms with van der Waals surface area (Å²) in [6, 6.07) is -0.197. The van der Waals surface area contributed by atoms with Crippen LogP contribution in [0.2, 0.25) is 0 Å². The molecule has 2 amide bonds. The van der Waals surface area contributed by atoms with Crippen LogP contribution in [-0.2, 0) is 19.8 Å². The quantitative estimate of drug-likeness (QED) is 0.822. The summed E-state index contributed by atoms with van der Waals surface area (Å²) >= 11 is 0. The molecule has 1 fully saturated rings. The van der Waals surface area contributed by atoms with Crippen LogP contribution >= 0.6 is 0 Å². The lowest BCUT2D eigenvalue weighted by molar-refractivity contribution is 0.195. The SMILES string of the molecule is CCC(C)(C)CNC(=O)N1CCS(=O)(=NS(C)(=O)=O)CC1. The summed E-state index contributed by atoms with van der Waals surface area (Å²) in [6.45, 7) is 7.30. The average molecular weight is 339 g/mol. The summed E-state index contributed by atoms with van der Waals surface area (Å²) in [5, 5.41) is 2.86. The zero-order valence-corrected chi connectivity index (χ0v) is 14.7. The van der Waals surface area contributed by atoms with Gasteiger partial charge in [-0.15, -0.1) is 3.77 Å². The van der Waals surface area contributed by atoms with Gasteiger partial charge in [0.25, 0.3) is 10.0 Å². The molecule has 1 N–H and O–H groups in total. The molecule has 0 aliphatic carbocycles. The molecule has 0 aromatic heterocycles. The zero-order valence-electron chi connectivity index (χ0n) is 13.1. The molecular formula is C12H25N3O4S2. The van der Waals surface area contributed by atoms with E-state index < -0.39 is 19.8 Å². The molecule has 1 aliphatic heterocycles. The smallest absolute Gasteiger partial charge is 0.317 e. The van der Waals surface area contributed by atoms with Crippen molar-refractivity contribution in [1.82, 2.24) is 10.2 Å². The third-order valence-corrected chi connectivity index (χ3v) is 7.40. The molecule has 0 aromatic rings. The van der Waals surface area contributed by atoms with E-state index in [0.717, 1.165) is 12.7 Å². The van der Waals surface area contributed by atoms with Gasteiger partial charge in [0.15, 0.2) is 0 Å². The Hall–Kier alpha value is -0.830. The van der Waals surface area contributed by atoms with Gasteiger partial charge in [0, 0.05) is 19.6 Å². The van der Waals surface area contributed by atoms with Crippen molar-refractivity contribution in [2.75, 3.05) is 37.4 Å². The summed E-state index contributed by atoms with van der Waals surface area (Å²) in [7, 11) is -6.37. The van der Waals surface area contributed by atoms with Crippen molar-refractivity contribution in [3.8, 4) is 0 Å². The van der Waals surface area contributed by atoms with Crippen molar-refractivity contribution in [2.45, 2.75) is 27.2 Å². The molecule has 1 rings (SSSR count). The molecule has 0 bridgehead atoms. The second kappa shape index (κ2) is 6.51. The van der Waals surface area contributed by atoms with E-state index in [4.69, 9.17) is 0 Å². The molecule has 0 aromatic carbocycles. The first-order valence-electron chi connectivity index (χ1n) is 6.93. The first-order chi connectivity index (χ1) is 9.46. The zero-order chi connectivity index (χ0) is 16.3. The second-order valence-electron chi connectivity index (χ2n) is 6.15. The fourth-order valence-corrected chi connectivity index (χ4v) is 5.58. The predicted molar refractivity (Wildman–Crippen MR) is 84.2 cm³/mol. The average Bonchev–Trinajstić information content (AvgIpc) is 2.34. The Kier molecular flexibility index (Phi) is 5.65. The number of nitrogens with zero attached hydrogens (tertiary/aromatic N) is 2. The minimum absolute atomic E-state index is 0.0324. The van der Waals surface area contributed by atoms with Gasteiger partial charge in [-0.1, -0.05) is 20.8 Å². The third-order valence-electron chi connectivity index (χ3n) is 3.59. The highest BCUT2D eigenvalue weighted by molar-refractivity contribution is 8.03. The molecule has 9 heteroatoms. The first kappa shape index (κ1) is 18.2. The maximum Gasteiger partial charge on any atom is 0.317 e. The van der Waals surface area contributed by atoms with Crippen LogP contribution in [0.4, 0.5) is 4.79 Å². The number of nitrogens with one attached hydrogen (secondary N) is 1. The van der Waals surface area contributed by atoms with E-state index in [-0.39, 0.29) is 36.0 Å². The van der Waals surface area contributed by atoms with Crippen LogP contribution in [-0.4, -0.2) is 61.0 Å². The molecule has 21 heavy (non-hydrogen) atoms. The molecule has 1 heterocycles. The predicted octanol–water partition coefficient (Wildman–Crippen LogP) is 0.875. The topological polar surface area (TPSA) is 95.9 Å². The summed E-state index contributed by atoms with van der Waals surface area (Å²) < 4.78 is 37.9. The molecule has 1 aliphatic rings. The molecule has 1 saturated heterocycles. The van der Waals surface area contributed by atoms with Crippen molar-refractivity contribution in [3.05, 3.63) is 0 Å². The van der Waals surface area contributed by atoms with Crippen molar-refractivity contribution >= 4 is 25.8 Å². The van der Waals surface area contributed by atoms with E-state index in [1.165, 1.54) is 0 Å². The number of carbonyl (C=O) groups excluding carboxylic acids is 1. The summed E-state index contributed by atoms with van der Waals surface area (Å²) in [4.78, 5) is 13.6. The van der Waals surface area contributed by atoms with E-state index in [2.05, 4.69) is 29.9 Å². The van der Waals surface area contributed by atoms with Crippen molar-refractivity contribution in [2.24, 2.45) is 9.18 Å². The molecule has 0 radical (unpaired) electrons. The molecular weight excluding hydrogens is 314 g/mol. The van der Waals surface area contributed by atoms with Crippen LogP contribution in [0.1, 0.15) is 27.2 Å². The number of amides is 2. The maximum atomic E-state index is 12.2. The third kappa shape index (κ3) is 6.21. The van der Waals surface area contributed by atoms with Gasteiger partial charge in [0.1, 0.15) is 0 Å². The van der Waals surface area contributed by atoms with Gasteiger partial charge in [-0.3, -0.25) is 0 Å². The molecule has 124 valence electrons. The molecule has 0 unspecified atom stereocenters. The Labute approximate surface area is 127 Å². The normalized spacial score (nSPS) is 19.1. The van der Waals surface area contributed by atoms with Crippen molar-refractivity contribution in [3.63, 3.8) is 0 Å². The lowest BCUT2D eigenvalue weighted by atomic mass is 9.90. The standard InChI is InChI=1S/C12H25N3O4S2/c1-5-12(2,3)10-13-11(16)15-6-8-21(19,9-7-15)14-20(4,17)18/h5-10H2,1-4H3,(H,13,16). The van der Waals surface area contributed by atoms with E-state index in [1.54, 1.807) is 4.90 Å². The van der Waals surface area contributed by atoms with Gasteiger partial charge >= 0.3 is 6.03 Å². The summed E-state index contributed by atoms with van der Waals surface area (Å²) in [6.07, 6.45) is 1.89. The second-order valence-corrected chi connectivity index (χ2v) is 10.6. The van der Waals surface area contributed by atoms with Crippen molar-refractivity contribution < 1.29 is 17.4 Å². The fraction of sp³-hybridized carbons (Fsp3) is 0.917. The van der Waals surface area contributed by atoms with Crippen LogP contribution in [0.3, 0.4) is 0 Å². The van der Waals surface area contributed by atoms with Gasteiger partial charge in [0.05, 0.1) is 27.5 Å².